The molecule has 5 rings (SSSR count). The van der Waals surface area contributed by atoms with Gasteiger partial charge in [-0.1, -0.05) is 0 Å². The van der Waals surface area contributed by atoms with Crippen LogP contribution in [0.2, 0.25) is 0 Å². The molecule has 1 aromatic rings. The Kier molecular flexibility index (Phi) is 2.89. The lowest BCUT2D eigenvalue weighted by Crippen LogP contribution is -2.59. The van der Waals surface area contributed by atoms with E-state index in [1.807, 2.05) is 0 Å². The standard InChI is InChI=1S/C15H21N5O/c16-20-13-8-17-7-12(18-13)14(21)19-15-4-9-1-10(5-15)3-11(2-9)6-15/h7-11H,1-6,16H2,(H,18,20)(H,19,21). The molecule has 0 aromatic carbocycles. The number of hydrogen-bond donors (Lipinski definition) is 3. The van der Waals surface area contributed by atoms with E-state index in [1.165, 1.54) is 31.7 Å². The van der Waals surface area contributed by atoms with Gasteiger partial charge in [0.05, 0.1) is 12.4 Å². The first-order chi connectivity index (χ1) is 10.2. The third-order valence-corrected chi connectivity index (χ3v) is 5.43. The molecule has 0 atom stereocenters. The number of carbonyl (C=O) groups is 1. The molecule has 0 radical (unpaired) electrons. The number of nitrogens with one attached hydrogen (secondary N) is 2. The molecule has 4 aliphatic rings. The Hall–Kier alpha value is -1.69. The largest absolute Gasteiger partial charge is 0.345 e. The normalized spacial score (nSPS) is 36.5. The van der Waals surface area contributed by atoms with Gasteiger partial charge in [-0.2, -0.15) is 0 Å². The highest BCUT2D eigenvalue weighted by molar-refractivity contribution is 5.92. The van der Waals surface area contributed by atoms with E-state index in [1.54, 1.807) is 0 Å². The number of anilines is 1. The van der Waals surface area contributed by atoms with Crippen molar-refractivity contribution in [3.8, 4) is 0 Å². The smallest absolute Gasteiger partial charge is 0.272 e. The third-order valence-electron chi connectivity index (χ3n) is 5.43. The van der Waals surface area contributed by atoms with Gasteiger partial charge in [0.2, 0.25) is 0 Å². The highest BCUT2D eigenvalue weighted by atomic mass is 16.2. The molecular weight excluding hydrogens is 266 g/mol. The summed E-state index contributed by atoms with van der Waals surface area (Å²) in [6.07, 6.45) is 10.5. The van der Waals surface area contributed by atoms with Crippen LogP contribution in [-0.2, 0) is 0 Å². The van der Waals surface area contributed by atoms with E-state index in [-0.39, 0.29) is 11.4 Å². The second kappa shape index (κ2) is 4.66. The summed E-state index contributed by atoms with van der Waals surface area (Å²) in [4.78, 5) is 20.7. The first-order valence-corrected chi connectivity index (χ1v) is 7.77. The van der Waals surface area contributed by atoms with Crippen LogP contribution in [0.25, 0.3) is 0 Å². The van der Waals surface area contributed by atoms with Crippen LogP contribution in [-0.4, -0.2) is 21.4 Å². The predicted octanol–water partition coefficient (Wildman–Crippen LogP) is 1.46. The molecule has 4 aliphatic carbocycles. The Bertz CT molecular complexity index is 538. The van der Waals surface area contributed by atoms with Crippen LogP contribution in [0.3, 0.4) is 0 Å². The lowest BCUT2D eigenvalue weighted by Gasteiger charge is -2.56. The second-order valence-electron chi connectivity index (χ2n) is 7.09. The Morgan fingerprint density at radius 2 is 1.76 bits per heavy atom. The molecule has 0 spiro atoms. The molecule has 6 heteroatoms. The van der Waals surface area contributed by atoms with Gasteiger partial charge in [0.1, 0.15) is 5.69 Å². The van der Waals surface area contributed by atoms with Crippen molar-refractivity contribution in [3.05, 3.63) is 18.1 Å². The molecule has 4 bridgehead atoms. The van der Waals surface area contributed by atoms with E-state index >= 15 is 0 Å². The van der Waals surface area contributed by atoms with Crippen molar-refractivity contribution in [3.63, 3.8) is 0 Å². The number of carbonyl (C=O) groups excluding carboxylic acids is 1. The van der Waals surface area contributed by atoms with E-state index < -0.39 is 0 Å². The van der Waals surface area contributed by atoms with E-state index in [9.17, 15) is 4.79 Å². The predicted molar refractivity (Wildman–Crippen MR) is 78.2 cm³/mol. The highest BCUT2D eigenvalue weighted by Crippen LogP contribution is 2.55. The average Bonchev–Trinajstić information content (AvgIpc) is 2.45. The number of aromatic nitrogens is 2. The summed E-state index contributed by atoms with van der Waals surface area (Å²) in [7, 11) is 0. The summed E-state index contributed by atoms with van der Waals surface area (Å²) in [6, 6.07) is 0. The molecule has 4 N–H and O–H groups in total. The van der Waals surface area contributed by atoms with Crippen molar-refractivity contribution < 1.29 is 4.79 Å². The van der Waals surface area contributed by atoms with Crippen molar-refractivity contribution in [2.75, 3.05) is 5.43 Å². The second-order valence-corrected chi connectivity index (χ2v) is 7.09. The fourth-order valence-electron chi connectivity index (χ4n) is 5.11. The van der Waals surface area contributed by atoms with E-state index in [0.29, 0.717) is 11.5 Å². The van der Waals surface area contributed by atoms with Gasteiger partial charge in [0, 0.05) is 5.54 Å². The Labute approximate surface area is 123 Å². The molecule has 112 valence electrons. The van der Waals surface area contributed by atoms with Crippen molar-refractivity contribution in [2.45, 2.75) is 44.1 Å². The molecular formula is C15H21N5O. The highest BCUT2D eigenvalue weighted by Gasteiger charge is 2.51. The number of hydrazine groups is 1. The SMILES string of the molecule is NNc1cncc(C(=O)NC23CC4CC(CC(C4)C2)C3)n1. The molecule has 1 aromatic heterocycles. The van der Waals surface area contributed by atoms with Gasteiger partial charge in [0.15, 0.2) is 5.82 Å². The van der Waals surface area contributed by atoms with Crippen LogP contribution in [0.1, 0.15) is 49.0 Å². The van der Waals surface area contributed by atoms with Crippen molar-refractivity contribution in [2.24, 2.45) is 23.6 Å². The first kappa shape index (κ1) is 13.0. The minimum Gasteiger partial charge on any atom is -0.345 e. The van der Waals surface area contributed by atoms with Gasteiger partial charge in [-0.05, 0) is 56.3 Å². The van der Waals surface area contributed by atoms with E-state index in [4.69, 9.17) is 5.84 Å². The van der Waals surface area contributed by atoms with Crippen LogP contribution in [0.15, 0.2) is 12.4 Å². The van der Waals surface area contributed by atoms with Gasteiger partial charge in [-0.15, -0.1) is 0 Å². The summed E-state index contributed by atoms with van der Waals surface area (Å²) < 4.78 is 0. The fourth-order valence-corrected chi connectivity index (χ4v) is 5.11. The number of hydrogen-bond acceptors (Lipinski definition) is 5. The zero-order valence-corrected chi connectivity index (χ0v) is 12.0. The van der Waals surface area contributed by atoms with E-state index in [0.717, 1.165) is 37.0 Å². The van der Waals surface area contributed by atoms with Crippen molar-refractivity contribution in [1.29, 1.82) is 0 Å². The molecule has 0 unspecified atom stereocenters. The maximum Gasteiger partial charge on any atom is 0.272 e. The van der Waals surface area contributed by atoms with Gasteiger partial charge >= 0.3 is 0 Å². The molecule has 1 heterocycles. The van der Waals surface area contributed by atoms with Crippen LogP contribution < -0.4 is 16.6 Å². The van der Waals surface area contributed by atoms with Gasteiger partial charge in [-0.3, -0.25) is 9.78 Å². The third kappa shape index (κ3) is 2.27. The Morgan fingerprint density at radius 1 is 1.14 bits per heavy atom. The van der Waals surface area contributed by atoms with Gasteiger partial charge in [0.25, 0.3) is 5.91 Å². The maximum atomic E-state index is 12.5. The summed E-state index contributed by atoms with van der Waals surface area (Å²) >= 11 is 0. The molecule has 0 saturated heterocycles. The van der Waals surface area contributed by atoms with Crippen molar-refractivity contribution >= 4 is 11.7 Å². The minimum absolute atomic E-state index is 0.000336. The maximum absolute atomic E-state index is 12.5. The zero-order chi connectivity index (χ0) is 14.4. The summed E-state index contributed by atoms with van der Waals surface area (Å²) in [5.41, 5.74) is 2.76. The summed E-state index contributed by atoms with van der Waals surface area (Å²) in [6.45, 7) is 0. The van der Waals surface area contributed by atoms with Crippen LogP contribution in [0, 0.1) is 17.8 Å². The average molecular weight is 287 g/mol. The minimum atomic E-state index is -0.124. The fraction of sp³-hybridized carbons (Fsp3) is 0.667. The van der Waals surface area contributed by atoms with Crippen LogP contribution in [0.4, 0.5) is 5.82 Å². The Balaban J connectivity index is 1.54. The summed E-state index contributed by atoms with van der Waals surface area (Å²) in [5, 5.41) is 3.28. The quantitative estimate of drug-likeness (QED) is 0.578. The molecule has 1 amide bonds. The number of rotatable bonds is 3. The number of nitrogens with zero attached hydrogens (tertiary/aromatic N) is 2. The number of amides is 1. The van der Waals surface area contributed by atoms with Crippen molar-refractivity contribution in [1.82, 2.24) is 15.3 Å². The lowest BCUT2D eigenvalue weighted by molar-refractivity contribution is -0.0167. The Morgan fingerprint density at radius 3 is 2.33 bits per heavy atom. The molecule has 0 aliphatic heterocycles. The molecule has 4 saturated carbocycles. The molecule has 4 fully saturated rings. The number of nitrogen functional groups attached to an aromatic ring is 1. The lowest BCUT2D eigenvalue weighted by atomic mass is 9.53. The van der Waals surface area contributed by atoms with Gasteiger partial charge in [-0.25, -0.2) is 10.8 Å². The first-order valence-electron chi connectivity index (χ1n) is 7.77. The monoisotopic (exact) mass is 287 g/mol. The molecule has 6 nitrogen and oxygen atoms in total. The molecule has 21 heavy (non-hydrogen) atoms. The summed E-state index contributed by atoms with van der Waals surface area (Å²) in [5.74, 6) is 8.02. The number of nitrogens with two attached hydrogens (primary N) is 1. The zero-order valence-electron chi connectivity index (χ0n) is 12.0. The van der Waals surface area contributed by atoms with Crippen LogP contribution >= 0.6 is 0 Å². The topological polar surface area (TPSA) is 92.9 Å². The van der Waals surface area contributed by atoms with Gasteiger partial charge < -0.3 is 10.7 Å². The van der Waals surface area contributed by atoms with E-state index in [2.05, 4.69) is 20.7 Å². The van der Waals surface area contributed by atoms with Crippen LogP contribution in [0.5, 0.6) is 0 Å².